The lowest BCUT2D eigenvalue weighted by Gasteiger charge is -2.29. The first-order valence-corrected chi connectivity index (χ1v) is 10.4. The van der Waals surface area contributed by atoms with Crippen molar-refractivity contribution in [2.75, 3.05) is 13.1 Å². The van der Waals surface area contributed by atoms with E-state index in [0.29, 0.717) is 6.42 Å². The zero-order valence-electron chi connectivity index (χ0n) is 17.1. The Kier molecular flexibility index (Phi) is 4.86. The van der Waals surface area contributed by atoms with Crippen molar-refractivity contribution in [2.24, 2.45) is 5.41 Å². The number of ketones is 1. The van der Waals surface area contributed by atoms with Crippen molar-refractivity contribution < 1.29 is 9.59 Å². The molecule has 0 bridgehead atoms. The van der Waals surface area contributed by atoms with Gasteiger partial charge < -0.3 is 4.90 Å². The second kappa shape index (κ2) is 7.19. The highest BCUT2D eigenvalue weighted by atomic mass is 16.2. The highest BCUT2D eigenvalue weighted by Crippen LogP contribution is 2.37. The van der Waals surface area contributed by atoms with E-state index in [-0.39, 0.29) is 17.1 Å². The van der Waals surface area contributed by atoms with Crippen molar-refractivity contribution in [1.29, 1.82) is 0 Å². The van der Waals surface area contributed by atoms with Crippen LogP contribution in [0.15, 0.2) is 24.3 Å². The fraction of sp³-hybridized carbons (Fsp3) is 0.522. The highest BCUT2D eigenvalue weighted by molar-refractivity contribution is 6.00. The third kappa shape index (κ3) is 3.50. The normalized spacial score (nSPS) is 19.2. The average molecular weight is 380 g/mol. The molecule has 1 amide bonds. The number of aryl methyl sites for hydroxylation is 1. The van der Waals surface area contributed by atoms with Crippen LogP contribution in [0.2, 0.25) is 0 Å². The number of likely N-dealkylation sites (tertiary alicyclic amines) is 1. The second-order valence-corrected chi connectivity index (χ2v) is 9.01. The number of nitrogens with zero attached hydrogens (tertiary/aromatic N) is 3. The lowest BCUT2D eigenvalue weighted by Crippen LogP contribution is -2.31. The molecule has 2 aliphatic rings. The average Bonchev–Trinajstić information content (AvgIpc) is 2.83. The van der Waals surface area contributed by atoms with Crippen LogP contribution in [-0.2, 0) is 6.42 Å². The van der Waals surface area contributed by atoms with Crippen molar-refractivity contribution in [3.63, 3.8) is 0 Å². The maximum atomic E-state index is 12.8. The molecule has 1 aromatic heterocycles. The Bertz CT molecular complexity index is 901. The molecule has 0 radical (unpaired) electrons. The Morgan fingerprint density at radius 2 is 1.64 bits per heavy atom. The summed E-state index contributed by atoms with van der Waals surface area (Å²) in [5, 5.41) is 4.66. The minimum absolute atomic E-state index is 0.0585. The minimum Gasteiger partial charge on any atom is -0.339 e. The number of fused-ring (bicyclic) bond motifs is 1. The second-order valence-electron chi connectivity index (χ2n) is 9.01. The van der Waals surface area contributed by atoms with Crippen molar-refractivity contribution >= 4 is 11.7 Å². The molecule has 1 saturated heterocycles. The number of rotatable bonds is 2. The molecule has 1 fully saturated rings. The Labute approximate surface area is 166 Å². The van der Waals surface area contributed by atoms with Gasteiger partial charge in [0.2, 0.25) is 0 Å². The molecule has 1 aromatic carbocycles. The number of amides is 1. The molecule has 28 heavy (non-hydrogen) atoms. The maximum absolute atomic E-state index is 12.8. The summed E-state index contributed by atoms with van der Waals surface area (Å²) < 4.78 is 1.89. The molecule has 0 atom stereocenters. The van der Waals surface area contributed by atoms with Crippen molar-refractivity contribution in [3.8, 4) is 5.69 Å². The van der Waals surface area contributed by atoms with Crippen LogP contribution in [0.5, 0.6) is 0 Å². The summed E-state index contributed by atoms with van der Waals surface area (Å²) in [6.07, 6.45) is 5.99. The lowest BCUT2D eigenvalue weighted by molar-refractivity contribution is 0.0761. The van der Waals surface area contributed by atoms with E-state index in [2.05, 4.69) is 18.9 Å². The first-order valence-electron chi connectivity index (χ1n) is 10.4. The molecule has 2 aromatic rings. The zero-order valence-corrected chi connectivity index (χ0v) is 17.1. The summed E-state index contributed by atoms with van der Waals surface area (Å²) in [7, 11) is 0. The number of Topliss-reactive ketones (excluding diaryl/α,β-unsaturated/α-hetero) is 1. The topological polar surface area (TPSA) is 55.2 Å². The van der Waals surface area contributed by atoms with Gasteiger partial charge in [-0.3, -0.25) is 9.59 Å². The van der Waals surface area contributed by atoms with E-state index in [9.17, 15) is 9.59 Å². The number of carbonyl (C=O) groups is 2. The van der Waals surface area contributed by atoms with E-state index in [0.717, 1.165) is 60.6 Å². The number of carbonyl (C=O) groups excluding carboxylic acids is 2. The van der Waals surface area contributed by atoms with Gasteiger partial charge in [-0.15, -0.1) is 0 Å². The van der Waals surface area contributed by atoms with Crippen LogP contribution in [0.3, 0.4) is 0 Å². The van der Waals surface area contributed by atoms with Crippen LogP contribution in [0.1, 0.15) is 78.1 Å². The van der Waals surface area contributed by atoms with E-state index >= 15 is 0 Å². The lowest BCUT2D eigenvalue weighted by atomic mass is 9.75. The van der Waals surface area contributed by atoms with E-state index in [4.69, 9.17) is 0 Å². The molecular formula is C23H29N3O2. The Balaban J connectivity index is 1.62. The van der Waals surface area contributed by atoms with Crippen LogP contribution in [0, 0.1) is 12.3 Å². The quantitative estimate of drug-likeness (QED) is 0.779. The van der Waals surface area contributed by atoms with Gasteiger partial charge in [0.05, 0.1) is 22.6 Å². The SMILES string of the molecule is Cc1nn(-c2ccc(C(=O)N3CCCCCC3)cc2)c2c1C(=O)CC(C)(C)C2. The van der Waals surface area contributed by atoms with Gasteiger partial charge in [-0.25, -0.2) is 4.68 Å². The van der Waals surface area contributed by atoms with Gasteiger partial charge in [-0.05, 0) is 55.9 Å². The summed E-state index contributed by atoms with van der Waals surface area (Å²) in [6.45, 7) is 7.86. The third-order valence-corrected chi connectivity index (χ3v) is 5.97. The molecule has 0 N–H and O–H groups in total. The van der Waals surface area contributed by atoms with Gasteiger partial charge in [-0.2, -0.15) is 5.10 Å². The molecule has 5 heteroatoms. The van der Waals surface area contributed by atoms with E-state index in [1.807, 2.05) is 40.8 Å². The van der Waals surface area contributed by atoms with Crippen LogP contribution >= 0.6 is 0 Å². The number of aromatic nitrogens is 2. The highest BCUT2D eigenvalue weighted by Gasteiger charge is 2.35. The molecule has 0 unspecified atom stereocenters. The van der Waals surface area contributed by atoms with Crippen LogP contribution in [0.25, 0.3) is 5.69 Å². The van der Waals surface area contributed by atoms with Crippen LogP contribution in [-0.4, -0.2) is 39.5 Å². The first-order chi connectivity index (χ1) is 13.4. The van der Waals surface area contributed by atoms with Gasteiger partial charge in [0.1, 0.15) is 0 Å². The fourth-order valence-corrected chi connectivity index (χ4v) is 4.56. The van der Waals surface area contributed by atoms with E-state index in [1.165, 1.54) is 12.8 Å². The van der Waals surface area contributed by atoms with Gasteiger partial charge in [0.15, 0.2) is 5.78 Å². The smallest absolute Gasteiger partial charge is 0.253 e. The summed E-state index contributed by atoms with van der Waals surface area (Å²) in [5.41, 5.74) is 4.13. The predicted octanol–water partition coefficient (Wildman–Crippen LogP) is 4.35. The number of benzene rings is 1. The maximum Gasteiger partial charge on any atom is 0.253 e. The van der Waals surface area contributed by atoms with Crippen molar-refractivity contribution in [1.82, 2.24) is 14.7 Å². The zero-order chi connectivity index (χ0) is 19.9. The summed E-state index contributed by atoms with van der Waals surface area (Å²) in [5.74, 6) is 0.298. The number of hydrogen-bond acceptors (Lipinski definition) is 3. The van der Waals surface area contributed by atoms with Gasteiger partial charge in [0, 0.05) is 25.1 Å². The molecule has 1 aliphatic heterocycles. The molecule has 5 nitrogen and oxygen atoms in total. The van der Waals surface area contributed by atoms with Crippen LogP contribution < -0.4 is 0 Å². The molecular weight excluding hydrogens is 350 g/mol. The fourth-order valence-electron chi connectivity index (χ4n) is 4.56. The van der Waals surface area contributed by atoms with Crippen molar-refractivity contribution in [2.45, 2.75) is 59.3 Å². The summed E-state index contributed by atoms with van der Waals surface area (Å²) >= 11 is 0. The van der Waals surface area contributed by atoms with Gasteiger partial charge >= 0.3 is 0 Å². The third-order valence-electron chi connectivity index (χ3n) is 5.97. The molecule has 0 spiro atoms. The minimum atomic E-state index is -0.0585. The Morgan fingerprint density at radius 3 is 2.29 bits per heavy atom. The first kappa shape index (κ1) is 18.9. The monoisotopic (exact) mass is 379 g/mol. The largest absolute Gasteiger partial charge is 0.339 e. The number of hydrogen-bond donors (Lipinski definition) is 0. The molecule has 148 valence electrons. The molecule has 0 saturated carbocycles. The van der Waals surface area contributed by atoms with E-state index in [1.54, 1.807) is 0 Å². The summed E-state index contributed by atoms with van der Waals surface area (Å²) in [4.78, 5) is 27.4. The Hall–Kier alpha value is -2.43. The van der Waals surface area contributed by atoms with Crippen LogP contribution in [0.4, 0.5) is 0 Å². The van der Waals surface area contributed by atoms with E-state index < -0.39 is 0 Å². The van der Waals surface area contributed by atoms with Crippen molar-refractivity contribution in [3.05, 3.63) is 46.8 Å². The Morgan fingerprint density at radius 1 is 1.00 bits per heavy atom. The summed E-state index contributed by atoms with van der Waals surface area (Å²) in [6, 6.07) is 7.68. The molecule has 4 rings (SSSR count). The van der Waals surface area contributed by atoms with Gasteiger partial charge in [0.25, 0.3) is 5.91 Å². The molecule has 1 aliphatic carbocycles. The standard InChI is InChI=1S/C23H29N3O2/c1-16-21-19(14-23(2,3)15-20(21)27)26(24-16)18-10-8-17(9-11-18)22(28)25-12-6-4-5-7-13-25/h8-11H,4-7,12-15H2,1-3H3. The van der Waals surface area contributed by atoms with Gasteiger partial charge in [-0.1, -0.05) is 26.7 Å². The predicted molar refractivity (Wildman–Crippen MR) is 109 cm³/mol. The molecule has 2 heterocycles.